The van der Waals surface area contributed by atoms with Crippen molar-refractivity contribution in [2.45, 2.75) is 24.5 Å². The molecule has 0 amide bonds. The molecule has 0 aliphatic carbocycles. The van der Waals surface area contributed by atoms with Gasteiger partial charge in [-0.15, -0.1) is 0 Å². The molecule has 0 aromatic carbocycles. The lowest BCUT2D eigenvalue weighted by Gasteiger charge is -2.35. The van der Waals surface area contributed by atoms with Gasteiger partial charge in [0.2, 0.25) is 0 Å². The van der Waals surface area contributed by atoms with Crippen molar-refractivity contribution in [3.63, 3.8) is 0 Å². The number of H-pyrrole nitrogens is 1. The van der Waals surface area contributed by atoms with Crippen LogP contribution in [0.1, 0.15) is 0 Å². The molecule has 0 radical (unpaired) electrons. The number of nitrogen functional groups attached to an aromatic ring is 1. The van der Waals surface area contributed by atoms with E-state index in [0.717, 1.165) is 0 Å². The van der Waals surface area contributed by atoms with E-state index in [0.29, 0.717) is 0 Å². The fourth-order valence-corrected chi connectivity index (χ4v) is 1.78. The minimum absolute atomic E-state index is 0.0568. The van der Waals surface area contributed by atoms with Crippen LogP contribution in [0.15, 0.2) is 4.79 Å². The molecule has 7 N–H and O–H groups in total. The first-order valence-corrected chi connectivity index (χ1v) is 5.80. The Balaban J connectivity index is 2.20. The summed E-state index contributed by atoms with van der Waals surface area (Å²) in [4.78, 5) is 17.9. The smallest absolute Gasteiger partial charge is 0.298 e. The molecule has 0 bridgehead atoms. The molecule has 20 heavy (non-hydrogen) atoms. The third-order valence-corrected chi connectivity index (χ3v) is 2.91. The number of nitrogens with one attached hydrogen (secondary N) is 2. The zero-order chi connectivity index (χ0) is 14.9. The van der Waals surface area contributed by atoms with Crippen LogP contribution in [0.5, 0.6) is 6.01 Å². The van der Waals surface area contributed by atoms with E-state index in [4.69, 9.17) is 15.2 Å². The summed E-state index contributed by atoms with van der Waals surface area (Å²) in [5, 5.41) is 31.2. The second kappa shape index (κ2) is 5.63. The van der Waals surface area contributed by atoms with E-state index >= 15 is 0 Å². The van der Waals surface area contributed by atoms with Gasteiger partial charge in [0.25, 0.3) is 11.6 Å². The minimum Gasteiger partial charge on any atom is -0.468 e. The zero-order valence-corrected chi connectivity index (χ0v) is 10.6. The first-order chi connectivity index (χ1) is 9.43. The first-order valence-electron chi connectivity index (χ1n) is 5.80. The molecule has 0 spiro atoms. The third-order valence-electron chi connectivity index (χ3n) is 2.91. The largest absolute Gasteiger partial charge is 0.468 e. The van der Waals surface area contributed by atoms with Crippen LogP contribution in [0.25, 0.3) is 0 Å². The van der Waals surface area contributed by atoms with Crippen LogP contribution in [0.2, 0.25) is 0 Å². The summed E-state index contributed by atoms with van der Waals surface area (Å²) < 4.78 is 9.85. The van der Waals surface area contributed by atoms with Crippen molar-refractivity contribution >= 4 is 11.5 Å². The van der Waals surface area contributed by atoms with Gasteiger partial charge in [0, 0.05) is 0 Å². The average Bonchev–Trinajstić information content (AvgIpc) is 2.42. The Morgan fingerprint density at radius 2 is 2.15 bits per heavy atom. The number of ether oxygens (including phenoxy) is 2. The van der Waals surface area contributed by atoms with Crippen molar-refractivity contribution < 1.29 is 24.8 Å². The monoisotopic (exact) mass is 288 g/mol. The standard InChI is InChI=1S/C10H16N4O6/c1-19-10-13-7(11)4(8(18)14-10)12-9-6(17)5(16)3(15)2-20-9/h3,5-6,9,12,15-17H,2H2,1H3,(H3,11,13,14,18). The number of aliphatic hydroxyl groups is 3. The average molecular weight is 288 g/mol. The van der Waals surface area contributed by atoms with Crippen molar-refractivity contribution in [3.8, 4) is 6.01 Å². The Morgan fingerprint density at radius 1 is 1.45 bits per heavy atom. The lowest BCUT2D eigenvalue weighted by molar-refractivity contribution is -0.178. The van der Waals surface area contributed by atoms with Gasteiger partial charge in [-0.1, -0.05) is 0 Å². The molecule has 10 nitrogen and oxygen atoms in total. The molecule has 4 unspecified atom stereocenters. The van der Waals surface area contributed by atoms with Gasteiger partial charge in [0.15, 0.2) is 12.0 Å². The van der Waals surface area contributed by atoms with E-state index in [9.17, 15) is 20.1 Å². The number of aromatic nitrogens is 2. The summed E-state index contributed by atoms with van der Waals surface area (Å²) in [6.45, 7) is -0.197. The number of hydrogen-bond acceptors (Lipinski definition) is 9. The Kier molecular flexibility index (Phi) is 4.09. The molecule has 1 aromatic heterocycles. The summed E-state index contributed by atoms with van der Waals surface area (Å²) >= 11 is 0. The number of nitrogens with zero attached hydrogens (tertiary/aromatic N) is 1. The molecule has 2 heterocycles. The maximum atomic E-state index is 11.8. The van der Waals surface area contributed by atoms with Gasteiger partial charge >= 0.3 is 0 Å². The topological polar surface area (TPSA) is 163 Å². The highest BCUT2D eigenvalue weighted by Gasteiger charge is 2.38. The number of anilines is 2. The fraction of sp³-hybridized carbons (Fsp3) is 0.600. The lowest BCUT2D eigenvalue weighted by Crippen LogP contribution is -2.55. The van der Waals surface area contributed by atoms with Crippen molar-refractivity contribution in [1.82, 2.24) is 9.97 Å². The summed E-state index contributed by atoms with van der Waals surface area (Å²) in [7, 11) is 1.32. The summed E-state index contributed by atoms with van der Waals surface area (Å²) in [5.41, 5.74) is 4.85. The van der Waals surface area contributed by atoms with Gasteiger partial charge in [-0.25, -0.2) is 0 Å². The second-order valence-electron chi connectivity index (χ2n) is 4.28. The van der Waals surface area contributed by atoms with Gasteiger partial charge in [-0.3, -0.25) is 9.78 Å². The predicted molar refractivity (Wildman–Crippen MR) is 67.2 cm³/mol. The first kappa shape index (κ1) is 14.5. The van der Waals surface area contributed by atoms with Crippen molar-refractivity contribution in [2.75, 3.05) is 24.8 Å². The van der Waals surface area contributed by atoms with E-state index in [1.807, 2.05) is 0 Å². The maximum Gasteiger partial charge on any atom is 0.298 e. The van der Waals surface area contributed by atoms with E-state index < -0.39 is 30.1 Å². The van der Waals surface area contributed by atoms with E-state index in [2.05, 4.69) is 15.3 Å². The highest BCUT2D eigenvalue weighted by atomic mass is 16.5. The molecule has 1 aromatic rings. The number of hydrogen-bond donors (Lipinski definition) is 6. The number of methoxy groups -OCH3 is 1. The SMILES string of the molecule is COc1nc(N)c(NC2OCC(O)C(O)C2O)c(=O)[nH]1. The number of aliphatic hydroxyl groups excluding tert-OH is 3. The van der Waals surface area contributed by atoms with Gasteiger partial charge in [0.05, 0.1) is 13.7 Å². The van der Waals surface area contributed by atoms with Gasteiger partial charge in [-0.05, 0) is 0 Å². The van der Waals surface area contributed by atoms with Crippen LogP contribution in [0.4, 0.5) is 11.5 Å². The summed E-state index contributed by atoms with van der Waals surface area (Å²) in [6.07, 6.45) is -5.13. The van der Waals surface area contributed by atoms with Crippen LogP contribution >= 0.6 is 0 Å². The molecule has 1 saturated heterocycles. The number of nitrogens with two attached hydrogens (primary N) is 1. The Morgan fingerprint density at radius 3 is 2.75 bits per heavy atom. The predicted octanol–water partition coefficient (Wildman–Crippen LogP) is -2.79. The molecule has 1 aliphatic heterocycles. The highest BCUT2D eigenvalue weighted by molar-refractivity contribution is 5.60. The molecule has 1 fully saturated rings. The van der Waals surface area contributed by atoms with Gasteiger partial charge < -0.3 is 35.8 Å². The quantitative estimate of drug-likeness (QED) is 0.345. The summed E-state index contributed by atoms with van der Waals surface area (Å²) in [6, 6.07) is -0.0568. The molecule has 10 heteroatoms. The third kappa shape index (κ3) is 2.67. The van der Waals surface area contributed by atoms with Gasteiger partial charge in [-0.2, -0.15) is 4.98 Å². The second-order valence-corrected chi connectivity index (χ2v) is 4.28. The summed E-state index contributed by atoms with van der Waals surface area (Å²) in [5.74, 6) is -0.151. The molecule has 112 valence electrons. The van der Waals surface area contributed by atoms with E-state index in [1.54, 1.807) is 0 Å². The Labute approximate surface area is 113 Å². The van der Waals surface area contributed by atoms with E-state index in [-0.39, 0.29) is 24.1 Å². The van der Waals surface area contributed by atoms with Crippen LogP contribution in [0, 0.1) is 0 Å². The Hall–Kier alpha value is -1.88. The normalized spacial score (nSPS) is 30.0. The number of aromatic amines is 1. The maximum absolute atomic E-state index is 11.8. The van der Waals surface area contributed by atoms with Gasteiger partial charge in [0.1, 0.15) is 24.0 Å². The molecular formula is C10H16N4O6. The molecule has 1 aliphatic rings. The molecule has 0 saturated carbocycles. The fourth-order valence-electron chi connectivity index (χ4n) is 1.78. The van der Waals surface area contributed by atoms with Crippen LogP contribution in [-0.2, 0) is 4.74 Å². The molecule has 2 rings (SSSR count). The van der Waals surface area contributed by atoms with Crippen LogP contribution < -0.4 is 21.3 Å². The lowest BCUT2D eigenvalue weighted by atomic mass is 10.0. The molecular weight excluding hydrogens is 272 g/mol. The van der Waals surface area contributed by atoms with Crippen molar-refractivity contribution in [3.05, 3.63) is 10.4 Å². The van der Waals surface area contributed by atoms with Crippen molar-refractivity contribution in [1.29, 1.82) is 0 Å². The number of rotatable bonds is 3. The Bertz CT molecular complexity index is 535. The zero-order valence-electron chi connectivity index (χ0n) is 10.6. The van der Waals surface area contributed by atoms with Crippen molar-refractivity contribution in [2.24, 2.45) is 0 Å². The molecule has 4 atom stereocenters. The van der Waals surface area contributed by atoms with Crippen LogP contribution in [0.3, 0.4) is 0 Å². The highest BCUT2D eigenvalue weighted by Crippen LogP contribution is 2.19. The van der Waals surface area contributed by atoms with E-state index in [1.165, 1.54) is 7.11 Å². The minimum atomic E-state index is -1.43. The van der Waals surface area contributed by atoms with Crippen LogP contribution in [-0.4, -0.2) is 63.5 Å².